The third-order valence-electron chi connectivity index (χ3n) is 3.31. The van der Waals surface area contributed by atoms with Gasteiger partial charge in [-0.05, 0) is 24.1 Å². The summed E-state index contributed by atoms with van der Waals surface area (Å²) in [5.74, 6) is 0. The Morgan fingerprint density at radius 2 is 1.95 bits per heavy atom. The van der Waals surface area contributed by atoms with Crippen LogP contribution in [0.2, 0.25) is 5.02 Å². The lowest BCUT2D eigenvalue weighted by Gasteiger charge is -2.33. The third kappa shape index (κ3) is 4.66. The van der Waals surface area contributed by atoms with Gasteiger partial charge in [0.25, 0.3) is 0 Å². The fraction of sp³-hybridized carbons (Fsp3) is 0.429. The van der Waals surface area contributed by atoms with E-state index in [1.165, 1.54) is 5.56 Å². The standard InChI is InChI=1S/C14H19ClN2.2ClH/c1-3-14(17-8-6-16-7-9-17)12-5-4-11(2)13(15)10-12;;/h3-5,10,14,16H,1,6-9H2,2H3;2*1H/t14-;;/m1../s1. The van der Waals surface area contributed by atoms with Crippen molar-refractivity contribution in [2.24, 2.45) is 0 Å². The maximum atomic E-state index is 6.19. The van der Waals surface area contributed by atoms with E-state index in [9.17, 15) is 0 Å². The second-order valence-electron chi connectivity index (χ2n) is 4.48. The molecule has 108 valence electrons. The normalized spacial score (nSPS) is 16.9. The Labute approximate surface area is 133 Å². The smallest absolute Gasteiger partial charge is 0.0530 e. The fourth-order valence-corrected chi connectivity index (χ4v) is 2.44. The lowest BCUT2D eigenvalue weighted by Crippen LogP contribution is -2.44. The number of nitrogens with zero attached hydrogens (tertiary/aromatic N) is 1. The van der Waals surface area contributed by atoms with Gasteiger partial charge in [0.1, 0.15) is 0 Å². The van der Waals surface area contributed by atoms with E-state index in [0.717, 1.165) is 36.8 Å². The van der Waals surface area contributed by atoms with Gasteiger partial charge in [0.05, 0.1) is 6.04 Å². The van der Waals surface area contributed by atoms with Crippen LogP contribution < -0.4 is 5.32 Å². The molecule has 1 fully saturated rings. The van der Waals surface area contributed by atoms with Crippen LogP contribution in [0.3, 0.4) is 0 Å². The van der Waals surface area contributed by atoms with Crippen molar-refractivity contribution in [3.63, 3.8) is 0 Å². The summed E-state index contributed by atoms with van der Waals surface area (Å²) in [4.78, 5) is 2.44. The van der Waals surface area contributed by atoms with Gasteiger partial charge in [0.15, 0.2) is 0 Å². The van der Waals surface area contributed by atoms with Crippen molar-refractivity contribution in [3.05, 3.63) is 47.0 Å². The van der Waals surface area contributed by atoms with Crippen LogP contribution in [0, 0.1) is 6.92 Å². The molecule has 0 spiro atoms. The zero-order valence-corrected chi connectivity index (χ0v) is 13.5. The molecule has 0 amide bonds. The van der Waals surface area contributed by atoms with Crippen molar-refractivity contribution in [1.82, 2.24) is 10.2 Å². The number of benzene rings is 1. The maximum Gasteiger partial charge on any atom is 0.0530 e. The van der Waals surface area contributed by atoms with Crippen molar-refractivity contribution in [2.45, 2.75) is 13.0 Å². The van der Waals surface area contributed by atoms with Gasteiger partial charge in [-0.25, -0.2) is 0 Å². The zero-order chi connectivity index (χ0) is 12.3. The molecule has 19 heavy (non-hydrogen) atoms. The highest BCUT2D eigenvalue weighted by atomic mass is 35.5. The van der Waals surface area contributed by atoms with E-state index in [-0.39, 0.29) is 30.9 Å². The average molecular weight is 324 g/mol. The monoisotopic (exact) mass is 322 g/mol. The molecule has 5 heteroatoms. The van der Waals surface area contributed by atoms with Crippen LogP contribution in [0.5, 0.6) is 0 Å². The van der Waals surface area contributed by atoms with Gasteiger partial charge in [0, 0.05) is 31.2 Å². The Hall–Kier alpha value is -0.250. The largest absolute Gasteiger partial charge is 0.314 e. The molecule has 0 bridgehead atoms. The van der Waals surface area contributed by atoms with E-state index in [1.54, 1.807) is 0 Å². The molecule has 1 aromatic carbocycles. The number of hydrogen-bond donors (Lipinski definition) is 1. The van der Waals surface area contributed by atoms with Crippen molar-refractivity contribution >= 4 is 36.4 Å². The quantitative estimate of drug-likeness (QED) is 0.855. The number of hydrogen-bond acceptors (Lipinski definition) is 2. The lowest BCUT2D eigenvalue weighted by molar-refractivity contribution is 0.203. The first kappa shape index (κ1) is 18.8. The summed E-state index contributed by atoms with van der Waals surface area (Å²) in [6.07, 6.45) is 2.01. The van der Waals surface area contributed by atoms with Crippen molar-refractivity contribution in [1.29, 1.82) is 0 Å². The topological polar surface area (TPSA) is 15.3 Å². The number of rotatable bonds is 3. The first-order valence-electron chi connectivity index (χ1n) is 6.06. The molecule has 1 atom stereocenters. The molecule has 1 aliphatic heterocycles. The van der Waals surface area contributed by atoms with Gasteiger partial charge in [-0.15, -0.1) is 31.4 Å². The molecule has 1 N–H and O–H groups in total. The minimum Gasteiger partial charge on any atom is -0.314 e. The second kappa shape index (κ2) is 8.83. The van der Waals surface area contributed by atoms with Gasteiger partial charge in [-0.2, -0.15) is 0 Å². The highest BCUT2D eigenvalue weighted by Crippen LogP contribution is 2.26. The van der Waals surface area contributed by atoms with Crippen LogP contribution in [-0.2, 0) is 0 Å². The van der Waals surface area contributed by atoms with Crippen LogP contribution in [0.25, 0.3) is 0 Å². The molecule has 2 nitrogen and oxygen atoms in total. The summed E-state index contributed by atoms with van der Waals surface area (Å²) >= 11 is 6.19. The molecular formula is C14H21Cl3N2. The molecule has 0 aromatic heterocycles. The van der Waals surface area contributed by atoms with Crippen LogP contribution in [0.15, 0.2) is 30.9 Å². The maximum absolute atomic E-state index is 6.19. The van der Waals surface area contributed by atoms with Gasteiger partial charge in [-0.3, -0.25) is 4.90 Å². The predicted octanol–water partition coefficient (Wildman–Crippen LogP) is 3.62. The van der Waals surface area contributed by atoms with Crippen LogP contribution in [0.1, 0.15) is 17.2 Å². The lowest BCUT2D eigenvalue weighted by atomic mass is 10.0. The van der Waals surface area contributed by atoms with Gasteiger partial charge in [0.2, 0.25) is 0 Å². The van der Waals surface area contributed by atoms with Gasteiger partial charge < -0.3 is 5.32 Å². The molecule has 1 heterocycles. The number of aryl methyl sites for hydroxylation is 1. The van der Waals surface area contributed by atoms with Gasteiger partial charge in [-0.1, -0.05) is 29.8 Å². The third-order valence-corrected chi connectivity index (χ3v) is 3.71. The molecule has 1 aliphatic rings. The van der Waals surface area contributed by atoms with E-state index in [1.807, 2.05) is 13.0 Å². The summed E-state index contributed by atoms with van der Waals surface area (Å²) in [5.41, 5.74) is 2.36. The molecule has 0 saturated carbocycles. The Morgan fingerprint density at radius 1 is 1.32 bits per heavy atom. The van der Waals surface area contributed by atoms with Gasteiger partial charge >= 0.3 is 0 Å². The van der Waals surface area contributed by atoms with Crippen LogP contribution in [0.4, 0.5) is 0 Å². The first-order valence-corrected chi connectivity index (χ1v) is 6.43. The zero-order valence-electron chi connectivity index (χ0n) is 11.1. The average Bonchev–Trinajstić information content (AvgIpc) is 2.36. The molecule has 1 saturated heterocycles. The first-order chi connectivity index (χ1) is 8.22. The van der Waals surface area contributed by atoms with E-state index >= 15 is 0 Å². The predicted molar refractivity (Wildman–Crippen MR) is 88.1 cm³/mol. The van der Waals surface area contributed by atoms with E-state index in [4.69, 9.17) is 11.6 Å². The number of nitrogens with one attached hydrogen (secondary N) is 1. The summed E-state index contributed by atoms with van der Waals surface area (Å²) < 4.78 is 0. The summed E-state index contributed by atoms with van der Waals surface area (Å²) in [7, 11) is 0. The van der Waals surface area contributed by atoms with Crippen molar-refractivity contribution in [3.8, 4) is 0 Å². The Kier molecular flexibility index (Phi) is 8.71. The Balaban J connectivity index is 0.00000162. The minimum atomic E-state index is 0. The Bertz CT molecular complexity index is 404. The van der Waals surface area contributed by atoms with Crippen LogP contribution >= 0.6 is 36.4 Å². The van der Waals surface area contributed by atoms with Crippen LogP contribution in [-0.4, -0.2) is 31.1 Å². The molecule has 2 rings (SSSR count). The molecular weight excluding hydrogens is 303 g/mol. The minimum absolute atomic E-state index is 0. The SMILES string of the molecule is C=C[C@H](c1ccc(C)c(Cl)c1)N1CCNCC1.Cl.Cl. The van der Waals surface area contributed by atoms with E-state index < -0.39 is 0 Å². The molecule has 0 radical (unpaired) electrons. The second-order valence-corrected chi connectivity index (χ2v) is 4.88. The van der Waals surface area contributed by atoms with E-state index in [2.05, 4.69) is 35.0 Å². The molecule has 0 aliphatic carbocycles. The Morgan fingerprint density at radius 3 is 2.47 bits per heavy atom. The summed E-state index contributed by atoms with van der Waals surface area (Å²) in [6, 6.07) is 6.56. The van der Waals surface area contributed by atoms with E-state index in [0.29, 0.717) is 0 Å². The summed E-state index contributed by atoms with van der Waals surface area (Å²) in [5, 5.41) is 4.20. The molecule has 0 unspecified atom stereocenters. The highest BCUT2D eigenvalue weighted by Gasteiger charge is 2.19. The summed E-state index contributed by atoms with van der Waals surface area (Å²) in [6.45, 7) is 10.2. The van der Waals surface area contributed by atoms with Crippen molar-refractivity contribution in [2.75, 3.05) is 26.2 Å². The number of piperazine rings is 1. The number of halogens is 3. The highest BCUT2D eigenvalue weighted by molar-refractivity contribution is 6.31. The van der Waals surface area contributed by atoms with Crippen molar-refractivity contribution < 1.29 is 0 Å². The fourth-order valence-electron chi connectivity index (χ4n) is 2.25. The molecule has 1 aromatic rings.